The second-order valence-electron chi connectivity index (χ2n) is 8.03. The third kappa shape index (κ3) is 7.25. The van der Waals surface area contributed by atoms with Gasteiger partial charge in [-0.25, -0.2) is 8.42 Å². The summed E-state index contributed by atoms with van der Waals surface area (Å²) in [7, 11) is -3.82. The first-order chi connectivity index (χ1) is 14.8. The molecule has 1 aliphatic rings. The first kappa shape index (κ1) is 23.1. The molecule has 8 heteroatoms. The van der Waals surface area contributed by atoms with Crippen LogP contribution < -0.4 is 14.8 Å². The zero-order chi connectivity index (χ0) is 22.3. The minimum atomic E-state index is -3.82. The molecule has 0 aromatic heterocycles. The van der Waals surface area contributed by atoms with Gasteiger partial charge in [-0.3, -0.25) is 14.4 Å². The van der Waals surface area contributed by atoms with Crippen LogP contribution >= 0.6 is 0 Å². The lowest BCUT2D eigenvalue weighted by Crippen LogP contribution is -2.39. The Morgan fingerprint density at radius 1 is 1.03 bits per heavy atom. The Bertz CT molecular complexity index is 941. The van der Waals surface area contributed by atoms with Gasteiger partial charge in [-0.1, -0.05) is 30.3 Å². The molecule has 1 heterocycles. The maximum Gasteiger partial charge on any atom is 0.241 e. The fraction of sp³-hybridized carbons (Fsp3) is 0.435. The van der Waals surface area contributed by atoms with Crippen molar-refractivity contribution in [2.45, 2.75) is 38.8 Å². The second-order valence-corrected chi connectivity index (χ2v) is 9.75. The molecular weight excluding hydrogens is 414 g/mol. The van der Waals surface area contributed by atoms with E-state index in [9.17, 15) is 13.2 Å². The number of rotatable bonds is 10. The standard InChI is InChI=1S/C23H31N3O4S/c1-18(2)30-21-12-10-20(11-13-21)25-31(28,29)17-23(27)24-16-22(26-14-6-7-15-26)19-8-4-3-5-9-19/h3-5,8-13,18,22,25H,6-7,14-17H2,1-2H3,(H,24,27). The van der Waals surface area contributed by atoms with E-state index in [4.69, 9.17) is 4.74 Å². The maximum absolute atomic E-state index is 12.4. The highest BCUT2D eigenvalue weighted by molar-refractivity contribution is 7.93. The smallest absolute Gasteiger partial charge is 0.241 e. The van der Waals surface area contributed by atoms with Crippen molar-refractivity contribution in [2.75, 3.05) is 30.1 Å². The van der Waals surface area contributed by atoms with Crippen molar-refractivity contribution in [2.24, 2.45) is 0 Å². The van der Waals surface area contributed by atoms with Gasteiger partial charge in [-0.05, 0) is 69.6 Å². The number of benzene rings is 2. The molecule has 1 fully saturated rings. The van der Waals surface area contributed by atoms with Gasteiger partial charge in [-0.2, -0.15) is 0 Å². The highest BCUT2D eigenvalue weighted by atomic mass is 32.2. The first-order valence-electron chi connectivity index (χ1n) is 10.7. The second kappa shape index (κ2) is 10.6. The summed E-state index contributed by atoms with van der Waals surface area (Å²) < 4.78 is 32.9. The van der Waals surface area contributed by atoms with E-state index in [1.807, 2.05) is 44.2 Å². The molecule has 0 spiro atoms. The lowest BCUT2D eigenvalue weighted by atomic mass is 10.1. The first-order valence-corrected chi connectivity index (χ1v) is 12.3. The number of carbonyl (C=O) groups excluding carboxylic acids is 1. The number of hydrogen-bond acceptors (Lipinski definition) is 5. The molecule has 0 bridgehead atoms. The Balaban J connectivity index is 1.55. The number of sulfonamides is 1. The fourth-order valence-electron chi connectivity index (χ4n) is 3.71. The van der Waals surface area contributed by atoms with E-state index in [1.165, 1.54) is 0 Å². The lowest BCUT2D eigenvalue weighted by molar-refractivity contribution is -0.118. The minimum Gasteiger partial charge on any atom is -0.491 e. The van der Waals surface area contributed by atoms with E-state index in [0.29, 0.717) is 18.0 Å². The normalized spacial score (nSPS) is 15.6. The van der Waals surface area contributed by atoms with Gasteiger partial charge in [0.05, 0.1) is 12.1 Å². The molecule has 0 aliphatic carbocycles. The molecular formula is C23H31N3O4S. The van der Waals surface area contributed by atoms with Crippen molar-refractivity contribution < 1.29 is 17.9 Å². The van der Waals surface area contributed by atoms with Crippen LogP contribution in [0.3, 0.4) is 0 Å². The molecule has 0 saturated carbocycles. The highest BCUT2D eigenvalue weighted by Crippen LogP contribution is 2.24. The molecule has 1 amide bonds. The number of hydrogen-bond donors (Lipinski definition) is 2. The molecule has 7 nitrogen and oxygen atoms in total. The monoisotopic (exact) mass is 445 g/mol. The Labute approximate surface area is 184 Å². The van der Waals surface area contributed by atoms with Crippen molar-refractivity contribution >= 4 is 21.6 Å². The fourth-order valence-corrected chi connectivity index (χ4v) is 4.72. The number of nitrogens with one attached hydrogen (secondary N) is 2. The molecule has 168 valence electrons. The Kier molecular flexibility index (Phi) is 7.92. The van der Waals surface area contributed by atoms with Gasteiger partial charge in [0.2, 0.25) is 15.9 Å². The predicted octanol–water partition coefficient (Wildman–Crippen LogP) is 3.17. The molecule has 1 unspecified atom stereocenters. The van der Waals surface area contributed by atoms with Gasteiger partial charge >= 0.3 is 0 Å². The highest BCUT2D eigenvalue weighted by Gasteiger charge is 2.25. The average molecular weight is 446 g/mol. The van der Waals surface area contributed by atoms with E-state index in [2.05, 4.69) is 14.9 Å². The summed E-state index contributed by atoms with van der Waals surface area (Å²) in [6.45, 7) is 6.17. The van der Waals surface area contributed by atoms with Crippen molar-refractivity contribution in [3.8, 4) is 5.75 Å². The summed E-state index contributed by atoms with van der Waals surface area (Å²) in [5.74, 6) is -0.490. The summed E-state index contributed by atoms with van der Waals surface area (Å²) in [6, 6.07) is 16.7. The molecule has 1 aliphatic heterocycles. The molecule has 1 atom stereocenters. The Morgan fingerprint density at radius 2 is 1.68 bits per heavy atom. The summed E-state index contributed by atoms with van der Waals surface area (Å²) >= 11 is 0. The van der Waals surface area contributed by atoms with Crippen molar-refractivity contribution in [1.82, 2.24) is 10.2 Å². The van der Waals surface area contributed by atoms with E-state index >= 15 is 0 Å². The van der Waals surface area contributed by atoms with Gasteiger partial charge in [0.1, 0.15) is 11.5 Å². The third-order valence-electron chi connectivity index (χ3n) is 5.08. The maximum atomic E-state index is 12.4. The van der Waals surface area contributed by atoms with E-state index in [0.717, 1.165) is 31.5 Å². The van der Waals surface area contributed by atoms with Crippen molar-refractivity contribution in [3.63, 3.8) is 0 Å². The average Bonchev–Trinajstić information content (AvgIpc) is 3.24. The van der Waals surface area contributed by atoms with Crippen molar-refractivity contribution in [1.29, 1.82) is 0 Å². The zero-order valence-corrected chi connectivity index (χ0v) is 18.9. The van der Waals surface area contributed by atoms with Crippen LogP contribution in [0.25, 0.3) is 0 Å². The van der Waals surface area contributed by atoms with Gasteiger partial charge in [0.25, 0.3) is 0 Å². The van der Waals surface area contributed by atoms with Crippen LogP contribution in [0.5, 0.6) is 5.75 Å². The van der Waals surface area contributed by atoms with Crippen LogP contribution in [0.4, 0.5) is 5.69 Å². The van der Waals surface area contributed by atoms with Crippen LogP contribution in [-0.2, 0) is 14.8 Å². The quantitative estimate of drug-likeness (QED) is 0.587. The minimum absolute atomic E-state index is 0.0338. The summed E-state index contributed by atoms with van der Waals surface area (Å²) in [4.78, 5) is 14.7. The number of anilines is 1. The SMILES string of the molecule is CC(C)Oc1ccc(NS(=O)(=O)CC(=O)NCC(c2ccccc2)N2CCCC2)cc1. The molecule has 31 heavy (non-hydrogen) atoms. The number of ether oxygens (including phenoxy) is 1. The Morgan fingerprint density at radius 3 is 2.29 bits per heavy atom. The van der Waals surface area contributed by atoms with Gasteiger partial charge in [0.15, 0.2) is 0 Å². The number of nitrogens with zero attached hydrogens (tertiary/aromatic N) is 1. The molecule has 2 aromatic rings. The topological polar surface area (TPSA) is 87.7 Å². The predicted molar refractivity (Wildman–Crippen MR) is 123 cm³/mol. The number of likely N-dealkylation sites (tertiary alicyclic amines) is 1. The Hall–Kier alpha value is -2.58. The van der Waals surface area contributed by atoms with Crippen LogP contribution in [0.2, 0.25) is 0 Å². The van der Waals surface area contributed by atoms with Crippen LogP contribution in [0.15, 0.2) is 54.6 Å². The molecule has 0 radical (unpaired) electrons. The summed E-state index contributed by atoms with van der Waals surface area (Å²) in [5.41, 5.74) is 1.51. The van der Waals surface area contributed by atoms with Crippen molar-refractivity contribution in [3.05, 3.63) is 60.2 Å². The molecule has 2 aromatic carbocycles. The van der Waals surface area contributed by atoms with E-state index < -0.39 is 21.7 Å². The molecule has 2 N–H and O–H groups in total. The summed E-state index contributed by atoms with van der Waals surface area (Å²) in [5, 5.41) is 2.81. The van der Waals surface area contributed by atoms with Crippen LogP contribution in [0, 0.1) is 0 Å². The lowest BCUT2D eigenvalue weighted by Gasteiger charge is -2.28. The van der Waals surface area contributed by atoms with Gasteiger partial charge in [0, 0.05) is 12.2 Å². The number of amides is 1. The molecule has 1 saturated heterocycles. The number of carbonyl (C=O) groups is 1. The van der Waals surface area contributed by atoms with Crippen LogP contribution in [-0.4, -0.2) is 50.7 Å². The largest absolute Gasteiger partial charge is 0.491 e. The van der Waals surface area contributed by atoms with Gasteiger partial charge < -0.3 is 10.1 Å². The third-order valence-corrected chi connectivity index (χ3v) is 6.27. The molecule has 3 rings (SSSR count). The summed E-state index contributed by atoms with van der Waals surface area (Å²) in [6.07, 6.45) is 2.30. The van der Waals surface area contributed by atoms with Crippen LogP contribution in [0.1, 0.15) is 38.3 Å². The van der Waals surface area contributed by atoms with E-state index in [1.54, 1.807) is 24.3 Å². The zero-order valence-electron chi connectivity index (χ0n) is 18.1. The van der Waals surface area contributed by atoms with E-state index in [-0.39, 0.29) is 12.1 Å². The van der Waals surface area contributed by atoms with Gasteiger partial charge in [-0.15, -0.1) is 0 Å².